The summed E-state index contributed by atoms with van der Waals surface area (Å²) >= 11 is 0. The van der Waals surface area contributed by atoms with Gasteiger partial charge in [-0.05, 0) is 49.4 Å². The number of nitrogens with zero attached hydrogens (tertiary/aromatic N) is 5. The number of para-hydroxylation sites is 2. The lowest BCUT2D eigenvalue weighted by Crippen LogP contribution is -2.04. The van der Waals surface area contributed by atoms with Gasteiger partial charge < -0.3 is 4.57 Å². The lowest BCUT2D eigenvalue weighted by Gasteiger charge is -2.09. The molecule has 0 atom stereocenters. The minimum atomic E-state index is -0.268. The van der Waals surface area contributed by atoms with E-state index in [1.807, 2.05) is 41.1 Å². The van der Waals surface area contributed by atoms with E-state index in [9.17, 15) is 4.39 Å². The van der Waals surface area contributed by atoms with Gasteiger partial charge in [0.15, 0.2) is 0 Å². The Balaban J connectivity index is 1.82. The molecule has 6 heteroatoms. The molecule has 5 rings (SSSR count). The number of hydrogen-bond acceptors (Lipinski definition) is 3. The third-order valence-electron chi connectivity index (χ3n) is 4.73. The second-order valence-electron chi connectivity index (χ2n) is 6.32. The monoisotopic (exact) mass is 357 g/mol. The number of imidazole rings is 1. The van der Waals surface area contributed by atoms with Crippen LogP contribution in [0.2, 0.25) is 0 Å². The van der Waals surface area contributed by atoms with Gasteiger partial charge in [0.05, 0.1) is 16.7 Å². The van der Waals surface area contributed by atoms with E-state index >= 15 is 0 Å². The quantitative estimate of drug-likeness (QED) is 0.474. The van der Waals surface area contributed by atoms with Crippen molar-refractivity contribution in [3.8, 4) is 17.2 Å². The largest absolute Gasteiger partial charge is 0.333 e. The van der Waals surface area contributed by atoms with Gasteiger partial charge >= 0.3 is 0 Å². The first-order valence-electron chi connectivity index (χ1n) is 8.80. The molecule has 0 saturated carbocycles. The Morgan fingerprint density at radius 1 is 0.963 bits per heavy atom. The van der Waals surface area contributed by atoms with Crippen molar-refractivity contribution in [2.24, 2.45) is 0 Å². The number of hydrogen-bond donors (Lipinski definition) is 0. The molecule has 0 aliphatic rings. The Bertz CT molecular complexity index is 1270. The van der Waals surface area contributed by atoms with Gasteiger partial charge in [-0.25, -0.2) is 14.4 Å². The zero-order chi connectivity index (χ0) is 18.4. The Morgan fingerprint density at radius 2 is 1.78 bits per heavy atom. The molecular weight excluding hydrogens is 341 g/mol. The molecule has 0 spiro atoms. The van der Waals surface area contributed by atoms with Crippen LogP contribution in [-0.2, 0) is 6.54 Å². The number of fused-ring (bicyclic) bond motifs is 2. The highest BCUT2D eigenvalue weighted by Crippen LogP contribution is 2.29. The van der Waals surface area contributed by atoms with Gasteiger partial charge in [-0.2, -0.15) is 4.98 Å². The van der Waals surface area contributed by atoms with Crippen molar-refractivity contribution in [3.05, 3.63) is 72.9 Å². The van der Waals surface area contributed by atoms with E-state index in [2.05, 4.69) is 16.5 Å². The van der Waals surface area contributed by atoms with E-state index < -0.39 is 0 Å². The second-order valence-corrected chi connectivity index (χ2v) is 6.32. The van der Waals surface area contributed by atoms with Gasteiger partial charge in [0.25, 0.3) is 0 Å². The van der Waals surface area contributed by atoms with Crippen LogP contribution < -0.4 is 0 Å². The molecular formula is C21H16FN5. The lowest BCUT2D eigenvalue weighted by atomic mass is 10.1. The van der Waals surface area contributed by atoms with E-state index in [1.54, 1.807) is 18.5 Å². The van der Waals surface area contributed by atoms with Crippen molar-refractivity contribution in [2.75, 3.05) is 0 Å². The highest BCUT2D eigenvalue weighted by atomic mass is 19.1. The molecule has 0 N–H and O–H groups in total. The first-order valence-corrected chi connectivity index (χ1v) is 8.80. The molecule has 0 saturated heterocycles. The zero-order valence-corrected chi connectivity index (χ0v) is 14.7. The molecule has 0 unspecified atom stereocenters. The number of benzene rings is 2. The molecule has 5 aromatic rings. The molecule has 3 aromatic heterocycles. The molecule has 5 nitrogen and oxygen atoms in total. The topological polar surface area (TPSA) is 48.5 Å². The zero-order valence-electron chi connectivity index (χ0n) is 14.7. The van der Waals surface area contributed by atoms with Crippen molar-refractivity contribution in [1.29, 1.82) is 0 Å². The van der Waals surface area contributed by atoms with Crippen LogP contribution in [0.5, 0.6) is 0 Å². The predicted octanol–water partition coefficient (Wildman–Crippen LogP) is 4.60. The Labute approximate surface area is 154 Å². The SMILES string of the molecule is CCn1ccc2c(-c3ccc(F)cc3)nc(-n3cnc4ccccc43)nc21. The van der Waals surface area contributed by atoms with Crippen LogP contribution in [0, 0.1) is 5.82 Å². The van der Waals surface area contributed by atoms with Crippen molar-refractivity contribution in [2.45, 2.75) is 13.5 Å². The maximum atomic E-state index is 13.4. The van der Waals surface area contributed by atoms with E-state index in [1.165, 1.54) is 12.1 Å². The smallest absolute Gasteiger partial charge is 0.238 e. The number of aryl methyl sites for hydroxylation is 1. The van der Waals surface area contributed by atoms with Gasteiger partial charge in [-0.3, -0.25) is 4.57 Å². The minimum absolute atomic E-state index is 0.268. The standard InChI is InChI=1S/C21H16FN5/c1-2-26-12-11-16-19(14-7-9-15(22)10-8-14)24-21(25-20(16)26)27-13-23-17-5-3-4-6-18(17)27/h3-13H,2H2,1H3. The van der Waals surface area contributed by atoms with Crippen LogP contribution >= 0.6 is 0 Å². The maximum Gasteiger partial charge on any atom is 0.238 e. The van der Waals surface area contributed by atoms with Crippen LogP contribution in [0.4, 0.5) is 4.39 Å². The average molecular weight is 357 g/mol. The van der Waals surface area contributed by atoms with Crippen LogP contribution in [0.1, 0.15) is 6.92 Å². The van der Waals surface area contributed by atoms with Crippen molar-refractivity contribution in [1.82, 2.24) is 24.1 Å². The van der Waals surface area contributed by atoms with Gasteiger partial charge in [-0.15, -0.1) is 0 Å². The molecule has 0 bridgehead atoms. The summed E-state index contributed by atoms with van der Waals surface area (Å²) in [6, 6.07) is 16.3. The van der Waals surface area contributed by atoms with Crippen molar-refractivity contribution < 1.29 is 4.39 Å². The van der Waals surface area contributed by atoms with E-state index in [4.69, 9.17) is 9.97 Å². The Hall–Kier alpha value is -3.54. The molecule has 2 aromatic carbocycles. The van der Waals surface area contributed by atoms with Gasteiger partial charge in [0.1, 0.15) is 17.8 Å². The fourth-order valence-corrected chi connectivity index (χ4v) is 3.36. The lowest BCUT2D eigenvalue weighted by molar-refractivity contribution is 0.628. The molecule has 0 aliphatic carbocycles. The van der Waals surface area contributed by atoms with Crippen LogP contribution in [0.25, 0.3) is 39.3 Å². The first-order chi connectivity index (χ1) is 13.2. The van der Waals surface area contributed by atoms with E-state index in [0.717, 1.165) is 39.9 Å². The van der Waals surface area contributed by atoms with Crippen LogP contribution in [0.15, 0.2) is 67.1 Å². The van der Waals surface area contributed by atoms with Gasteiger partial charge in [-0.1, -0.05) is 12.1 Å². The van der Waals surface area contributed by atoms with Crippen LogP contribution in [-0.4, -0.2) is 24.1 Å². The van der Waals surface area contributed by atoms with E-state index in [-0.39, 0.29) is 5.82 Å². The molecule has 0 aliphatic heterocycles. The molecule has 0 amide bonds. The van der Waals surface area contributed by atoms with Crippen molar-refractivity contribution in [3.63, 3.8) is 0 Å². The average Bonchev–Trinajstić information content (AvgIpc) is 3.32. The van der Waals surface area contributed by atoms with E-state index in [0.29, 0.717) is 5.95 Å². The normalized spacial score (nSPS) is 11.5. The molecule has 3 heterocycles. The molecule has 27 heavy (non-hydrogen) atoms. The number of halogens is 1. The summed E-state index contributed by atoms with van der Waals surface area (Å²) in [7, 11) is 0. The fraction of sp³-hybridized carbons (Fsp3) is 0.0952. The summed E-state index contributed by atoms with van der Waals surface area (Å²) in [5.74, 6) is 0.278. The van der Waals surface area contributed by atoms with Gasteiger partial charge in [0.2, 0.25) is 5.95 Å². The third-order valence-corrected chi connectivity index (χ3v) is 4.73. The fourth-order valence-electron chi connectivity index (χ4n) is 3.36. The maximum absolute atomic E-state index is 13.4. The summed E-state index contributed by atoms with van der Waals surface area (Å²) in [4.78, 5) is 14.1. The van der Waals surface area contributed by atoms with Crippen molar-refractivity contribution >= 4 is 22.1 Å². The molecule has 0 radical (unpaired) electrons. The highest BCUT2D eigenvalue weighted by Gasteiger charge is 2.15. The summed E-state index contributed by atoms with van der Waals surface area (Å²) in [5.41, 5.74) is 4.30. The van der Waals surface area contributed by atoms with Crippen LogP contribution in [0.3, 0.4) is 0 Å². The molecule has 0 fully saturated rings. The predicted molar refractivity (Wildman–Crippen MR) is 103 cm³/mol. The minimum Gasteiger partial charge on any atom is -0.333 e. The van der Waals surface area contributed by atoms with Gasteiger partial charge in [0, 0.05) is 23.7 Å². The number of aromatic nitrogens is 5. The third kappa shape index (κ3) is 2.49. The highest BCUT2D eigenvalue weighted by molar-refractivity contribution is 5.92. The summed E-state index contributed by atoms with van der Waals surface area (Å²) in [6.07, 6.45) is 3.74. The number of rotatable bonds is 3. The summed E-state index contributed by atoms with van der Waals surface area (Å²) in [6.45, 7) is 2.87. The second kappa shape index (κ2) is 6.02. The Morgan fingerprint density at radius 3 is 2.59 bits per heavy atom. The molecule has 132 valence electrons. The summed E-state index contributed by atoms with van der Waals surface area (Å²) < 4.78 is 17.4. The first kappa shape index (κ1) is 15.7. The Kier molecular flexibility index (Phi) is 3.50. The summed E-state index contributed by atoms with van der Waals surface area (Å²) in [5, 5.41) is 0.941.